The first kappa shape index (κ1) is 29.1. The predicted octanol–water partition coefficient (Wildman–Crippen LogP) is 5.40. The van der Waals surface area contributed by atoms with E-state index in [1.807, 2.05) is 12.1 Å². The highest BCUT2D eigenvalue weighted by Crippen LogP contribution is 2.55. The molecule has 0 unspecified atom stereocenters. The van der Waals surface area contributed by atoms with Crippen LogP contribution in [0.2, 0.25) is 0 Å². The van der Waals surface area contributed by atoms with Crippen molar-refractivity contribution >= 4 is 0 Å². The van der Waals surface area contributed by atoms with Crippen LogP contribution in [-0.2, 0) is 5.41 Å². The van der Waals surface area contributed by atoms with Crippen molar-refractivity contribution in [1.29, 1.82) is 0 Å². The summed E-state index contributed by atoms with van der Waals surface area (Å²) in [6.45, 7) is 2.93. The molecule has 3 aromatic carbocycles. The molecule has 0 bridgehead atoms. The molecule has 6 N–H and O–H groups in total. The summed E-state index contributed by atoms with van der Waals surface area (Å²) in [7, 11) is 0. The molecule has 3 aromatic rings. The van der Waals surface area contributed by atoms with Gasteiger partial charge in [0, 0.05) is 18.6 Å². The van der Waals surface area contributed by atoms with Crippen molar-refractivity contribution in [2.45, 2.75) is 56.8 Å². The van der Waals surface area contributed by atoms with Gasteiger partial charge in [0.25, 0.3) is 0 Å². The van der Waals surface area contributed by atoms with E-state index in [1.165, 1.54) is 22.3 Å². The van der Waals surface area contributed by atoms with E-state index in [2.05, 4.69) is 48.5 Å². The zero-order valence-electron chi connectivity index (χ0n) is 23.0. The molecule has 0 amide bonds. The van der Waals surface area contributed by atoms with E-state index < -0.39 is 0 Å². The van der Waals surface area contributed by atoms with Crippen LogP contribution in [-0.4, -0.2) is 49.7 Å². The van der Waals surface area contributed by atoms with Crippen molar-refractivity contribution in [3.63, 3.8) is 0 Å². The van der Waals surface area contributed by atoms with E-state index in [1.54, 1.807) is 0 Å². The van der Waals surface area contributed by atoms with Gasteiger partial charge >= 0.3 is 0 Å². The Morgan fingerprint density at radius 2 is 1.08 bits per heavy atom. The highest BCUT2D eigenvalue weighted by molar-refractivity contribution is 5.84. The van der Waals surface area contributed by atoms with Crippen LogP contribution in [0.15, 0.2) is 60.7 Å². The maximum Gasteiger partial charge on any atom is 0.119 e. The van der Waals surface area contributed by atoms with E-state index >= 15 is 0 Å². The van der Waals surface area contributed by atoms with Crippen LogP contribution in [0.5, 0.6) is 11.5 Å². The Balaban J connectivity index is 1.68. The van der Waals surface area contributed by atoms with Gasteiger partial charge < -0.3 is 31.2 Å². The SMILES string of the molecule is NCCCCOc1ccc(-c2ccc3c(c2)C(CCCO)(CCCO)c2cc(OCCCCN)ccc2-3)cc1. The number of ether oxygens (including phenoxy) is 2. The summed E-state index contributed by atoms with van der Waals surface area (Å²) in [5.41, 5.74) is 18.1. The topological polar surface area (TPSA) is 111 Å². The Hall–Kier alpha value is -2.90. The molecule has 0 saturated carbocycles. The van der Waals surface area contributed by atoms with E-state index in [0.717, 1.165) is 61.2 Å². The van der Waals surface area contributed by atoms with Gasteiger partial charge in [0.15, 0.2) is 0 Å². The minimum Gasteiger partial charge on any atom is -0.494 e. The molecule has 0 fully saturated rings. The lowest BCUT2D eigenvalue weighted by Gasteiger charge is -2.33. The number of unbranched alkanes of at least 4 members (excludes halogenated alkanes) is 2. The van der Waals surface area contributed by atoms with Gasteiger partial charge in [-0.15, -0.1) is 0 Å². The third-order valence-electron chi connectivity index (χ3n) is 7.78. The van der Waals surface area contributed by atoms with Crippen molar-refractivity contribution in [2.24, 2.45) is 11.5 Å². The van der Waals surface area contributed by atoms with Crippen LogP contribution in [0.25, 0.3) is 22.3 Å². The van der Waals surface area contributed by atoms with Crippen molar-refractivity contribution < 1.29 is 19.7 Å². The zero-order valence-corrected chi connectivity index (χ0v) is 23.0. The number of aliphatic hydroxyl groups is 2. The summed E-state index contributed by atoms with van der Waals surface area (Å²) in [5, 5.41) is 19.7. The highest BCUT2D eigenvalue weighted by Gasteiger charge is 2.42. The normalized spacial score (nSPS) is 13.2. The summed E-state index contributed by atoms with van der Waals surface area (Å²) in [5.74, 6) is 1.72. The fraction of sp³-hybridized carbons (Fsp3) is 0.455. The van der Waals surface area contributed by atoms with Gasteiger partial charge in [0.1, 0.15) is 11.5 Å². The minimum atomic E-state index is -0.297. The van der Waals surface area contributed by atoms with Crippen molar-refractivity contribution in [3.05, 3.63) is 71.8 Å². The van der Waals surface area contributed by atoms with Crippen LogP contribution in [0.3, 0.4) is 0 Å². The molecule has 0 saturated heterocycles. The van der Waals surface area contributed by atoms with Crippen LogP contribution in [0.4, 0.5) is 0 Å². The molecule has 210 valence electrons. The summed E-state index contributed by atoms with van der Waals surface area (Å²) >= 11 is 0. The molecule has 1 aliphatic carbocycles. The maximum atomic E-state index is 9.83. The molecular weight excluding hydrogens is 488 g/mol. The number of fused-ring (bicyclic) bond motifs is 3. The Bertz CT molecular complexity index is 1170. The monoisotopic (exact) mass is 532 g/mol. The quantitative estimate of drug-likeness (QED) is 0.173. The lowest BCUT2D eigenvalue weighted by molar-refractivity contribution is 0.247. The van der Waals surface area contributed by atoms with Gasteiger partial charge in [-0.3, -0.25) is 0 Å². The fourth-order valence-electron chi connectivity index (χ4n) is 5.79. The van der Waals surface area contributed by atoms with Crippen LogP contribution >= 0.6 is 0 Å². The smallest absolute Gasteiger partial charge is 0.119 e. The van der Waals surface area contributed by atoms with E-state index in [4.69, 9.17) is 20.9 Å². The third-order valence-corrected chi connectivity index (χ3v) is 7.78. The number of aliphatic hydroxyl groups excluding tert-OH is 2. The first-order valence-electron chi connectivity index (χ1n) is 14.4. The van der Waals surface area contributed by atoms with E-state index in [-0.39, 0.29) is 18.6 Å². The largest absolute Gasteiger partial charge is 0.494 e. The van der Waals surface area contributed by atoms with Crippen LogP contribution < -0.4 is 20.9 Å². The second kappa shape index (κ2) is 14.5. The summed E-state index contributed by atoms with van der Waals surface area (Å²) in [6, 6.07) is 21.4. The molecule has 0 aromatic heterocycles. The average molecular weight is 533 g/mol. The molecule has 0 radical (unpaired) electrons. The van der Waals surface area contributed by atoms with Crippen molar-refractivity contribution in [3.8, 4) is 33.8 Å². The minimum absolute atomic E-state index is 0.132. The predicted molar refractivity (Wildman–Crippen MR) is 158 cm³/mol. The third kappa shape index (κ3) is 6.82. The summed E-state index contributed by atoms with van der Waals surface area (Å²) in [6.07, 6.45) is 6.77. The lowest BCUT2D eigenvalue weighted by Crippen LogP contribution is -2.26. The van der Waals surface area contributed by atoms with Gasteiger partial charge in [0.2, 0.25) is 0 Å². The Kier molecular flexibility index (Phi) is 10.8. The summed E-state index contributed by atoms with van der Waals surface area (Å²) < 4.78 is 12.0. The van der Waals surface area contributed by atoms with Gasteiger partial charge in [-0.2, -0.15) is 0 Å². The molecule has 0 spiro atoms. The van der Waals surface area contributed by atoms with Crippen LogP contribution in [0, 0.1) is 0 Å². The Morgan fingerprint density at radius 1 is 0.564 bits per heavy atom. The molecule has 4 rings (SSSR count). The molecule has 6 heteroatoms. The van der Waals surface area contributed by atoms with Gasteiger partial charge in [-0.25, -0.2) is 0 Å². The van der Waals surface area contributed by atoms with E-state index in [9.17, 15) is 10.2 Å². The lowest BCUT2D eigenvalue weighted by atomic mass is 9.71. The zero-order chi connectivity index (χ0) is 27.5. The molecule has 0 heterocycles. The van der Waals surface area contributed by atoms with Crippen molar-refractivity contribution in [2.75, 3.05) is 39.5 Å². The van der Waals surface area contributed by atoms with Crippen molar-refractivity contribution in [1.82, 2.24) is 0 Å². The van der Waals surface area contributed by atoms with Gasteiger partial charge in [-0.1, -0.05) is 30.3 Å². The second-order valence-corrected chi connectivity index (χ2v) is 10.4. The summed E-state index contributed by atoms with van der Waals surface area (Å²) in [4.78, 5) is 0. The van der Waals surface area contributed by atoms with Gasteiger partial charge in [0.05, 0.1) is 13.2 Å². The van der Waals surface area contributed by atoms with E-state index in [0.29, 0.717) is 39.1 Å². The Labute approximate surface area is 233 Å². The van der Waals surface area contributed by atoms with Gasteiger partial charge in [-0.05, 0) is 128 Å². The molecule has 0 atom stereocenters. The highest BCUT2D eigenvalue weighted by atomic mass is 16.5. The standard InChI is InChI=1S/C33H44N2O4/c34-17-1-3-21-38-27-10-7-25(8-11-27)26-9-13-29-30-14-12-28(39-22-4-2-18-35)24-32(30)33(15-5-19-36,16-6-20-37)31(29)23-26/h7-14,23-24,36-37H,1-6,15-22,34-35H2. The molecular formula is C33H44N2O4. The fourth-order valence-corrected chi connectivity index (χ4v) is 5.79. The molecule has 0 aliphatic heterocycles. The number of benzene rings is 3. The number of rotatable bonds is 17. The Morgan fingerprint density at radius 3 is 1.67 bits per heavy atom. The maximum absolute atomic E-state index is 9.83. The first-order chi connectivity index (χ1) is 19.2. The van der Waals surface area contributed by atoms with Crippen LogP contribution in [0.1, 0.15) is 62.5 Å². The molecule has 39 heavy (non-hydrogen) atoms. The molecule has 6 nitrogen and oxygen atoms in total. The number of hydrogen-bond donors (Lipinski definition) is 4. The molecule has 1 aliphatic rings. The average Bonchev–Trinajstić information content (AvgIpc) is 3.24. The number of nitrogens with two attached hydrogens (primary N) is 2. The first-order valence-corrected chi connectivity index (χ1v) is 14.4. The number of hydrogen-bond acceptors (Lipinski definition) is 6. The second-order valence-electron chi connectivity index (χ2n) is 10.4.